The largest absolute Gasteiger partial charge is 0.496 e. The van der Waals surface area contributed by atoms with Gasteiger partial charge in [-0.1, -0.05) is 31.2 Å². The number of carbonyl (C=O) groups excluding carboxylic acids is 1. The van der Waals surface area contributed by atoms with E-state index in [-0.39, 0.29) is 11.5 Å². The van der Waals surface area contributed by atoms with Crippen molar-refractivity contribution < 1.29 is 23.7 Å². The number of fused-ring (bicyclic) bond motifs is 1. The van der Waals surface area contributed by atoms with E-state index in [1.54, 1.807) is 49.6 Å². The van der Waals surface area contributed by atoms with Gasteiger partial charge in [-0.2, -0.15) is 5.26 Å². The summed E-state index contributed by atoms with van der Waals surface area (Å²) in [7, 11) is 1.57. The molecule has 1 unspecified atom stereocenters. The van der Waals surface area contributed by atoms with Gasteiger partial charge < -0.3 is 24.7 Å². The summed E-state index contributed by atoms with van der Waals surface area (Å²) < 4.78 is 22.3. The molecule has 0 bridgehead atoms. The molecule has 1 heterocycles. The lowest BCUT2D eigenvalue weighted by Gasteiger charge is -2.27. The zero-order valence-corrected chi connectivity index (χ0v) is 18.9. The lowest BCUT2D eigenvalue weighted by molar-refractivity contribution is 0.0734. The maximum atomic E-state index is 12.6. The zero-order chi connectivity index (χ0) is 24.1. The molecule has 0 radical (unpaired) electrons. The van der Waals surface area contributed by atoms with Gasteiger partial charge in [0.2, 0.25) is 5.88 Å². The van der Waals surface area contributed by atoms with Gasteiger partial charge in [-0.3, -0.25) is 0 Å². The maximum Gasteiger partial charge on any atom is 0.343 e. The summed E-state index contributed by atoms with van der Waals surface area (Å²) in [6, 6.07) is 21.4. The summed E-state index contributed by atoms with van der Waals surface area (Å²) in [6.45, 7) is 2.64. The van der Waals surface area contributed by atoms with Crippen molar-refractivity contribution >= 4 is 5.97 Å². The number of esters is 1. The van der Waals surface area contributed by atoms with E-state index in [4.69, 9.17) is 24.7 Å². The molecule has 0 aromatic heterocycles. The molecule has 0 fully saturated rings. The number of hydrogen-bond acceptors (Lipinski definition) is 7. The Morgan fingerprint density at radius 2 is 1.79 bits per heavy atom. The van der Waals surface area contributed by atoms with E-state index in [0.29, 0.717) is 40.7 Å². The zero-order valence-electron chi connectivity index (χ0n) is 18.9. The van der Waals surface area contributed by atoms with Gasteiger partial charge >= 0.3 is 5.97 Å². The monoisotopic (exact) mass is 456 g/mol. The van der Waals surface area contributed by atoms with Crippen LogP contribution in [0.3, 0.4) is 0 Å². The molecule has 0 aliphatic carbocycles. The van der Waals surface area contributed by atoms with Crippen LogP contribution in [-0.4, -0.2) is 19.7 Å². The fraction of sp³-hybridized carbons (Fsp3) is 0.185. The molecule has 0 saturated heterocycles. The van der Waals surface area contributed by atoms with Crippen molar-refractivity contribution in [3.8, 4) is 29.1 Å². The van der Waals surface area contributed by atoms with Crippen molar-refractivity contribution in [1.82, 2.24) is 0 Å². The molecule has 0 spiro atoms. The van der Waals surface area contributed by atoms with Gasteiger partial charge in [-0.15, -0.1) is 0 Å². The summed E-state index contributed by atoms with van der Waals surface area (Å²) in [5.74, 6) is 1.02. The van der Waals surface area contributed by atoms with Crippen LogP contribution >= 0.6 is 0 Å². The molecule has 2 N–H and O–H groups in total. The molecule has 34 heavy (non-hydrogen) atoms. The molecular formula is C27H24N2O5. The molecule has 4 rings (SSSR count). The third-order valence-corrected chi connectivity index (χ3v) is 5.41. The second kappa shape index (κ2) is 10.0. The highest BCUT2D eigenvalue weighted by atomic mass is 16.5. The lowest BCUT2D eigenvalue weighted by atomic mass is 9.83. The Kier molecular flexibility index (Phi) is 6.69. The number of hydrogen-bond donors (Lipinski definition) is 1. The highest BCUT2D eigenvalue weighted by Gasteiger charge is 2.32. The molecular weight excluding hydrogens is 432 g/mol. The Hall–Kier alpha value is -4.44. The van der Waals surface area contributed by atoms with E-state index in [1.807, 2.05) is 31.2 Å². The minimum Gasteiger partial charge on any atom is -0.496 e. The molecule has 7 nitrogen and oxygen atoms in total. The Balaban J connectivity index is 1.62. The van der Waals surface area contributed by atoms with Gasteiger partial charge in [0.25, 0.3) is 0 Å². The fourth-order valence-corrected chi connectivity index (χ4v) is 3.80. The first-order chi connectivity index (χ1) is 16.5. The molecule has 1 atom stereocenters. The number of para-hydroxylation sites is 1. The number of methoxy groups -OCH3 is 1. The van der Waals surface area contributed by atoms with Crippen LogP contribution in [0.1, 0.15) is 40.7 Å². The lowest BCUT2D eigenvalue weighted by Crippen LogP contribution is -2.21. The first-order valence-electron chi connectivity index (χ1n) is 10.8. The maximum absolute atomic E-state index is 12.6. The molecule has 1 aliphatic rings. The number of allylic oxidation sites excluding steroid dienone is 1. The van der Waals surface area contributed by atoms with Crippen LogP contribution in [-0.2, 0) is 0 Å². The summed E-state index contributed by atoms with van der Waals surface area (Å²) in [6.07, 6.45) is 0.900. The van der Waals surface area contributed by atoms with Crippen molar-refractivity contribution in [2.45, 2.75) is 19.3 Å². The van der Waals surface area contributed by atoms with Crippen molar-refractivity contribution in [2.24, 2.45) is 5.73 Å². The van der Waals surface area contributed by atoms with Crippen LogP contribution in [0.2, 0.25) is 0 Å². The highest BCUT2D eigenvalue weighted by molar-refractivity contribution is 5.91. The fourth-order valence-electron chi connectivity index (χ4n) is 3.80. The first-order valence-corrected chi connectivity index (χ1v) is 10.8. The van der Waals surface area contributed by atoms with Gasteiger partial charge in [0.1, 0.15) is 34.6 Å². The molecule has 3 aromatic rings. The number of nitriles is 1. The van der Waals surface area contributed by atoms with E-state index in [2.05, 4.69) is 6.07 Å². The number of ether oxygens (including phenoxy) is 4. The van der Waals surface area contributed by atoms with Crippen LogP contribution in [0, 0.1) is 11.3 Å². The van der Waals surface area contributed by atoms with E-state index in [0.717, 1.165) is 12.0 Å². The molecule has 1 aliphatic heterocycles. The second-order valence-electron chi connectivity index (χ2n) is 7.63. The number of benzene rings is 3. The van der Waals surface area contributed by atoms with Crippen LogP contribution in [0.25, 0.3) is 0 Å². The van der Waals surface area contributed by atoms with Crippen molar-refractivity contribution in [3.63, 3.8) is 0 Å². The number of nitrogens with zero attached hydrogens (tertiary/aromatic N) is 1. The topological polar surface area (TPSA) is 104 Å². The Labute approximate surface area is 197 Å². The third-order valence-electron chi connectivity index (χ3n) is 5.41. The van der Waals surface area contributed by atoms with Crippen molar-refractivity contribution in [3.05, 3.63) is 94.9 Å². The summed E-state index contributed by atoms with van der Waals surface area (Å²) in [5.41, 5.74) is 8.26. The Morgan fingerprint density at radius 1 is 1.06 bits per heavy atom. The SMILES string of the molecule is CCCOc1ccc(C(=O)Oc2ccc3c(c2)OC(N)=C(C#N)C3c2ccccc2OC)cc1. The summed E-state index contributed by atoms with van der Waals surface area (Å²) in [4.78, 5) is 12.6. The highest BCUT2D eigenvalue weighted by Crippen LogP contribution is 2.45. The number of nitrogens with two attached hydrogens (primary N) is 1. The van der Waals surface area contributed by atoms with E-state index < -0.39 is 11.9 Å². The molecule has 7 heteroatoms. The molecule has 0 saturated carbocycles. The molecule has 0 amide bonds. The summed E-state index contributed by atoms with van der Waals surface area (Å²) >= 11 is 0. The van der Waals surface area contributed by atoms with E-state index >= 15 is 0 Å². The standard InChI is InChI=1S/C27H24N2O5/c1-3-14-32-18-10-8-17(9-11-18)27(30)33-19-12-13-21-24(15-19)34-26(29)22(16-28)25(21)20-6-4-5-7-23(20)31-2/h4-13,15,25H,3,14,29H2,1-2H3. The van der Waals surface area contributed by atoms with Gasteiger partial charge in [0.05, 0.1) is 25.2 Å². The van der Waals surface area contributed by atoms with Gasteiger partial charge in [0.15, 0.2) is 0 Å². The summed E-state index contributed by atoms with van der Waals surface area (Å²) in [5, 5.41) is 9.76. The van der Waals surface area contributed by atoms with Crippen molar-refractivity contribution in [1.29, 1.82) is 5.26 Å². The van der Waals surface area contributed by atoms with Crippen LogP contribution in [0.5, 0.6) is 23.0 Å². The van der Waals surface area contributed by atoms with Gasteiger partial charge in [0, 0.05) is 17.2 Å². The molecule has 3 aromatic carbocycles. The second-order valence-corrected chi connectivity index (χ2v) is 7.63. The third kappa shape index (κ3) is 4.52. The smallest absolute Gasteiger partial charge is 0.343 e. The predicted molar refractivity (Wildman–Crippen MR) is 126 cm³/mol. The van der Waals surface area contributed by atoms with Crippen LogP contribution in [0.15, 0.2) is 78.2 Å². The van der Waals surface area contributed by atoms with Gasteiger partial charge in [-0.05, 0) is 42.8 Å². The van der Waals surface area contributed by atoms with Crippen molar-refractivity contribution in [2.75, 3.05) is 13.7 Å². The van der Waals surface area contributed by atoms with E-state index in [1.165, 1.54) is 0 Å². The quantitative estimate of drug-likeness (QED) is 0.397. The number of carbonyl (C=O) groups is 1. The number of rotatable bonds is 7. The van der Waals surface area contributed by atoms with E-state index in [9.17, 15) is 10.1 Å². The normalized spacial score (nSPS) is 14.4. The first kappa shape index (κ1) is 22.7. The molecule has 172 valence electrons. The predicted octanol–water partition coefficient (Wildman–Crippen LogP) is 4.92. The Morgan fingerprint density at radius 3 is 2.50 bits per heavy atom. The minimum absolute atomic E-state index is 0.00273. The van der Waals surface area contributed by atoms with Crippen LogP contribution in [0.4, 0.5) is 0 Å². The average Bonchev–Trinajstić information content (AvgIpc) is 2.86. The average molecular weight is 456 g/mol. The minimum atomic E-state index is -0.514. The van der Waals surface area contributed by atoms with Crippen LogP contribution < -0.4 is 24.7 Å². The van der Waals surface area contributed by atoms with Gasteiger partial charge in [-0.25, -0.2) is 4.79 Å². The Bertz CT molecular complexity index is 1270.